The van der Waals surface area contributed by atoms with Crippen molar-refractivity contribution in [1.82, 2.24) is 5.32 Å². The highest BCUT2D eigenvalue weighted by molar-refractivity contribution is 6.04. The van der Waals surface area contributed by atoms with E-state index in [0.717, 1.165) is 18.4 Å². The van der Waals surface area contributed by atoms with E-state index in [1.165, 1.54) is 0 Å². The van der Waals surface area contributed by atoms with Crippen molar-refractivity contribution >= 4 is 17.5 Å². The number of benzene rings is 2. The third kappa shape index (κ3) is 4.35. The second-order valence-corrected chi connectivity index (χ2v) is 5.90. The predicted molar refractivity (Wildman–Crippen MR) is 92.3 cm³/mol. The number of methoxy groups -OCH3 is 1. The molecule has 0 atom stereocenters. The van der Waals surface area contributed by atoms with Gasteiger partial charge in [0.2, 0.25) is 5.91 Å². The summed E-state index contributed by atoms with van der Waals surface area (Å²) in [6.45, 7) is 0. The van der Waals surface area contributed by atoms with Crippen molar-refractivity contribution in [3.8, 4) is 5.75 Å². The molecule has 0 heterocycles. The Morgan fingerprint density at radius 3 is 2.29 bits per heavy atom. The molecule has 0 saturated heterocycles. The van der Waals surface area contributed by atoms with Crippen LogP contribution in [0.15, 0.2) is 48.5 Å². The van der Waals surface area contributed by atoms with Gasteiger partial charge in [-0.3, -0.25) is 9.59 Å². The summed E-state index contributed by atoms with van der Waals surface area (Å²) in [5, 5.41) is 5.80. The minimum atomic E-state index is -0.183. The summed E-state index contributed by atoms with van der Waals surface area (Å²) >= 11 is 0. The first-order valence-electron chi connectivity index (χ1n) is 7.98. The molecule has 0 aliphatic heterocycles. The van der Waals surface area contributed by atoms with E-state index >= 15 is 0 Å². The first kappa shape index (κ1) is 16.1. The maximum Gasteiger partial charge on any atom is 0.255 e. The SMILES string of the molecule is COc1ccc(C(=O)Nc2ccc(CC(=O)NC3CC3)cc2)cc1. The van der Waals surface area contributed by atoms with E-state index in [1.807, 2.05) is 12.1 Å². The lowest BCUT2D eigenvalue weighted by molar-refractivity contribution is -0.120. The number of carbonyl (C=O) groups excluding carboxylic acids is 2. The normalized spacial score (nSPS) is 13.2. The van der Waals surface area contributed by atoms with Crippen molar-refractivity contribution in [3.63, 3.8) is 0 Å². The average molecular weight is 324 g/mol. The Morgan fingerprint density at radius 1 is 1.04 bits per heavy atom. The van der Waals surface area contributed by atoms with Gasteiger partial charge in [0.05, 0.1) is 13.5 Å². The van der Waals surface area contributed by atoms with Crippen molar-refractivity contribution in [2.24, 2.45) is 0 Å². The summed E-state index contributed by atoms with van der Waals surface area (Å²) in [7, 11) is 1.58. The zero-order valence-corrected chi connectivity index (χ0v) is 13.5. The summed E-state index contributed by atoms with van der Waals surface area (Å²) < 4.78 is 5.08. The standard InChI is InChI=1S/C19H20N2O3/c1-24-17-10-4-14(5-11-17)19(23)21-16-6-2-13(3-7-16)12-18(22)20-15-8-9-15/h2-7,10-11,15H,8-9,12H2,1H3,(H,20,22)(H,21,23). The van der Waals surface area contributed by atoms with E-state index in [2.05, 4.69) is 10.6 Å². The Morgan fingerprint density at radius 2 is 1.71 bits per heavy atom. The van der Waals surface area contributed by atoms with Crippen LogP contribution in [0.1, 0.15) is 28.8 Å². The van der Waals surface area contributed by atoms with Crippen LogP contribution in [0.25, 0.3) is 0 Å². The van der Waals surface area contributed by atoms with Gasteiger partial charge in [-0.15, -0.1) is 0 Å². The van der Waals surface area contributed by atoms with Gasteiger partial charge in [0.15, 0.2) is 0 Å². The highest BCUT2D eigenvalue weighted by atomic mass is 16.5. The van der Waals surface area contributed by atoms with Gasteiger partial charge in [-0.1, -0.05) is 12.1 Å². The topological polar surface area (TPSA) is 67.4 Å². The molecule has 2 aromatic carbocycles. The van der Waals surface area contributed by atoms with Crippen LogP contribution < -0.4 is 15.4 Å². The largest absolute Gasteiger partial charge is 0.497 e. The Balaban J connectivity index is 1.56. The Labute approximate surface area is 141 Å². The fourth-order valence-corrected chi connectivity index (χ4v) is 2.34. The minimum absolute atomic E-state index is 0.0486. The summed E-state index contributed by atoms with van der Waals surface area (Å²) in [6.07, 6.45) is 2.54. The molecule has 0 bridgehead atoms. The van der Waals surface area contributed by atoms with Crippen LogP contribution in [-0.2, 0) is 11.2 Å². The summed E-state index contributed by atoms with van der Waals surface area (Å²) in [6, 6.07) is 14.6. The smallest absolute Gasteiger partial charge is 0.255 e. The number of hydrogen-bond donors (Lipinski definition) is 2. The quantitative estimate of drug-likeness (QED) is 0.858. The summed E-state index contributed by atoms with van der Waals surface area (Å²) in [5.41, 5.74) is 2.18. The van der Waals surface area contributed by atoms with Crippen LogP contribution in [0.5, 0.6) is 5.75 Å². The highest BCUT2D eigenvalue weighted by Gasteiger charge is 2.23. The summed E-state index contributed by atoms with van der Waals surface area (Å²) in [5.74, 6) is 0.574. The predicted octanol–water partition coefficient (Wildman–Crippen LogP) is 2.77. The van der Waals surface area contributed by atoms with Gasteiger partial charge in [-0.25, -0.2) is 0 Å². The number of rotatable bonds is 6. The molecule has 0 spiro atoms. The fourth-order valence-electron chi connectivity index (χ4n) is 2.34. The van der Waals surface area contributed by atoms with Crippen molar-refractivity contribution in [3.05, 3.63) is 59.7 Å². The summed E-state index contributed by atoms with van der Waals surface area (Å²) in [4.78, 5) is 24.0. The van der Waals surface area contributed by atoms with Crippen LogP contribution in [0.4, 0.5) is 5.69 Å². The van der Waals surface area contributed by atoms with Gasteiger partial charge in [-0.2, -0.15) is 0 Å². The van der Waals surface area contributed by atoms with Crippen molar-refractivity contribution in [1.29, 1.82) is 0 Å². The monoisotopic (exact) mass is 324 g/mol. The van der Waals surface area contributed by atoms with Gasteiger partial charge >= 0.3 is 0 Å². The van der Waals surface area contributed by atoms with E-state index in [0.29, 0.717) is 29.5 Å². The molecule has 24 heavy (non-hydrogen) atoms. The van der Waals surface area contributed by atoms with Crippen LogP contribution in [-0.4, -0.2) is 25.0 Å². The van der Waals surface area contributed by atoms with E-state index in [-0.39, 0.29) is 11.8 Å². The molecule has 2 aromatic rings. The molecule has 0 aromatic heterocycles. The van der Waals surface area contributed by atoms with Gasteiger partial charge in [-0.05, 0) is 54.8 Å². The molecular formula is C19H20N2O3. The van der Waals surface area contributed by atoms with Crippen LogP contribution >= 0.6 is 0 Å². The second-order valence-electron chi connectivity index (χ2n) is 5.90. The molecular weight excluding hydrogens is 304 g/mol. The first-order chi connectivity index (χ1) is 11.6. The van der Waals surface area contributed by atoms with Crippen LogP contribution in [0, 0.1) is 0 Å². The second kappa shape index (κ2) is 7.17. The Kier molecular flexibility index (Phi) is 4.79. The molecule has 3 rings (SSSR count). The van der Waals surface area contributed by atoms with Gasteiger partial charge < -0.3 is 15.4 Å². The molecule has 5 heteroatoms. The molecule has 2 N–H and O–H groups in total. The molecule has 0 unspecified atom stereocenters. The fraction of sp³-hybridized carbons (Fsp3) is 0.263. The molecule has 1 aliphatic rings. The maximum absolute atomic E-state index is 12.2. The zero-order chi connectivity index (χ0) is 16.9. The van der Waals surface area contributed by atoms with Crippen LogP contribution in [0.2, 0.25) is 0 Å². The lowest BCUT2D eigenvalue weighted by Gasteiger charge is -2.08. The zero-order valence-electron chi connectivity index (χ0n) is 13.5. The lowest BCUT2D eigenvalue weighted by atomic mass is 10.1. The van der Waals surface area contributed by atoms with Gasteiger partial charge in [0.25, 0.3) is 5.91 Å². The number of ether oxygens (including phenoxy) is 1. The molecule has 0 radical (unpaired) electrons. The van der Waals surface area contributed by atoms with E-state index in [1.54, 1.807) is 43.5 Å². The minimum Gasteiger partial charge on any atom is -0.497 e. The lowest BCUT2D eigenvalue weighted by Crippen LogP contribution is -2.26. The Bertz CT molecular complexity index is 719. The van der Waals surface area contributed by atoms with Crippen LogP contribution in [0.3, 0.4) is 0 Å². The number of anilines is 1. The third-order valence-corrected chi connectivity index (χ3v) is 3.87. The highest BCUT2D eigenvalue weighted by Crippen LogP contribution is 2.19. The van der Waals surface area contributed by atoms with E-state index in [9.17, 15) is 9.59 Å². The molecule has 1 fully saturated rings. The van der Waals surface area contributed by atoms with Crippen molar-refractivity contribution < 1.29 is 14.3 Å². The Hall–Kier alpha value is -2.82. The maximum atomic E-state index is 12.2. The molecule has 2 amide bonds. The number of carbonyl (C=O) groups is 2. The first-order valence-corrected chi connectivity index (χ1v) is 7.98. The number of nitrogens with one attached hydrogen (secondary N) is 2. The van der Waals surface area contributed by atoms with Gasteiger partial charge in [0, 0.05) is 17.3 Å². The molecule has 1 aliphatic carbocycles. The molecule has 124 valence electrons. The van der Waals surface area contributed by atoms with E-state index in [4.69, 9.17) is 4.74 Å². The van der Waals surface area contributed by atoms with Crippen molar-refractivity contribution in [2.75, 3.05) is 12.4 Å². The number of amides is 2. The number of hydrogen-bond acceptors (Lipinski definition) is 3. The van der Waals surface area contributed by atoms with Crippen molar-refractivity contribution in [2.45, 2.75) is 25.3 Å². The van der Waals surface area contributed by atoms with E-state index < -0.39 is 0 Å². The molecule has 1 saturated carbocycles. The third-order valence-electron chi connectivity index (χ3n) is 3.87. The van der Waals surface area contributed by atoms with Gasteiger partial charge in [0.1, 0.15) is 5.75 Å². The average Bonchev–Trinajstić information content (AvgIpc) is 3.40. The molecule has 5 nitrogen and oxygen atoms in total.